The largest absolute Gasteiger partial charge is 0.497 e. The van der Waals surface area contributed by atoms with Gasteiger partial charge >= 0.3 is 0 Å². The third-order valence-corrected chi connectivity index (χ3v) is 6.23. The van der Waals surface area contributed by atoms with Crippen molar-refractivity contribution < 1.29 is 14.2 Å². The maximum Gasteiger partial charge on any atom is 0.120 e. The Morgan fingerprint density at radius 3 is 2.12 bits per heavy atom. The zero-order valence-electron chi connectivity index (χ0n) is 20.2. The molecule has 4 rings (SSSR count). The zero-order chi connectivity index (χ0) is 23.4. The van der Waals surface area contributed by atoms with Gasteiger partial charge in [0.25, 0.3) is 0 Å². The van der Waals surface area contributed by atoms with E-state index >= 15 is 0 Å². The highest BCUT2D eigenvalue weighted by molar-refractivity contribution is 5.85. The molecule has 3 aromatic carbocycles. The predicted molar refractivity (Wildman–Crippen MR) is 136 cm³/mol. The number of methoxy groups -OCH3 is 2. The quantitative estimate of drug-likeness (QED) is 0.444. The van der Waals surface area contributed by atoms with E-state index in [-0.39, 0.29) is 0 Å². The van der Waals surface area contributed by atoms with Gasteiger partial charge in [0.2, 0.25) is 0 Å². The SMILES string of the molecule is CCc1cccc(CC)c1C1=CC(OC)=CC(C)(COc2ccc3ccc(OC)cc3c2)N1. The van der Waals surface area contributed by atoms with Crippen LogP contribution in [0.25, 0.3) is 16.5 Å². The van der Waals surface area contributed by atoms with Crippen molar-refractivity contribution in [1.82, 2.24) is 5.32 Å². The van der Waals surface area contributed by atoms with Gasteiger partial charge in [0.05, 0.1) is 19.8 Å². The van der Waals surface area contributed by atoms with Gasteiger partial charge in [0, 0.05) is 17.3 Å². The average Bonchev–Trinajstić information content (AvgIpc) is 2.85. The lowest BCUT2D eigenvalue weighted by molar-refractivity contribution is 0.231. The minimum atomic E-state index is -0.426. The van der Waals surface area contributed by atoms with Crippen molar-refractivity contribution in [3.63, 3.8) is 0 Å². The highest BCUT2D eigenvalue weighted by atomic mass is 16.5. The molecule has 33 heavy (non-hydrogen) atoms. The van der Waals surface area contributed by atoms with Crippen LogP contribution in [0.4, 0.5) is 0 Å². The van der Waals surface area contributed by atoms with E-state index in [1.807, 2.05) is 18.2 Å². The van der Waals surface area contributed by atoms with Crippen molar-refractivity contribution >= 4 is 16.5 Å². The van der Waals surface area contributed by atoms with Crippen LogP contribution in [0.15, 0.2) is 72.5 Å². The van der Waals surface area contributed by atoms with Crippen molar-refractivity contribution in [2.24, 2.45) is 0 Å². The molecule has 4 heteroatoms. The minimum absolute atomic E-state index is 0.426. The summed E-state index contributed by atoms with van der Waals surface area (Å²) in [4.78, 5) is 0. The number of hydrogen-bond acceptors (Lipinski definition) is 4. The second-order valence-electron chi connectivity index (χ2n) is 8.67. The van der Waals surface area contributed by atoms with E-state index in [4.69, 9.17) is 14.2 Å². The Hall–Kier alpha value is -3.40. The summed E-state index contributed by atoms with van der Waals surface area (Å²) < 4.78 is 17.4. The van der Waals surface area contributed by atoms with Crippen LogP contribution >= 0.6 is 0 Å². The summed E-state index contributed by atoms with van der Waals surface area (Å²) in [7, 11) is 3.40. The molecule has 0 spiro atoms. The normalized spacial score (nSPS) is 17.7. The number of ether oxygens (including phenoxy) is 3. The second-order valence-corrected chi connectivity index (χ2v) is 8.67. The minimum Gasteiger partial charge on any atom is -0.497 e. The van der Waals surface area contributed by atoms with E-state index in [1.165, 1.54) is 16.7 Å². The van der Waals surface area contributed by atoms with Crippen molar-refractivity contribution in [2.75, 3.05) is 20.8 Å². The lowest BCUT2D eigenvalue weighted by Crippen LogP contribution is -2.46. The van der Waals surface area contributed by atoms with Gasteiger partial charge in [-0.15, -0.1) is 0 Å². The molecule has 0 saturated heterocycles. The number of hydrogen-bond donors (Lipinski definition) is 1. The van der Waals surface area contributed by atoms with E-state index < -0.39 is 5.54 Å². The molecule has 0 aromatic heterocycles. The Kier molecular flexibility index (Phi) is 6.64. The molecular weight excluding hydrogens is 410 g/mol. The number of fused-ring (bicyclic) bond motifs is 1. The van der Waals surface area contributed by atoms with Gasteiger partial charge in [0.1, 0.15) is 23.9 Å². The van der Waals surface area contributed by atoms with Gasteiger partial charge in [-0.1, -0.05) is 44.2 Å². The van der Waals surface area contributed by atoms with E-state index in [1.54, 1.807) is 14.2 Å². The van der Waals surface area contributed by atoms with Crippen LogP contribution in [0.2, 0.25) is 0 Å². The van der Waals surface area contributed by atoms with Gasteiger partial charge in [0.15, 0.2) is 0 Å². The molecule has 4 nitrogen and oxygen atoms in total. The molecule has 1 atom stereocenters. The molecule has 1 heterocycles. The standard InChI is InChI=1S/C29H33NO3/c1-6-20-9-8-10-21(7-2)28(20)27-17-26(32-5)18-29(3,30-27)19-33-25-14-12-22-11-13-24(31-4)15-23(22)16-25/h8-18,30H,6-7,19H2,1-5H3. The second kappa shape index (κ2) is 9.62. The summed E-state index contributed by atoms with van der Waals surface area (Å²) in [5.41, 5.74) is 4.59. The number of aryl methyl sites for hydroxylation is 2. The lowest BCUT2D eigenvalue weighted by atomic mass is 9.90. The van der Waals surface area contributed by atoms with E-state index in [0.717, 1.165) is 46.6 Å². The molecule has 0 bridgehead atoms. The Bertz CT molecular complexity index is 1190. The summed E-state index contributed by atoms with van der Waals surface area (Å²) in [6, 6.07) is 18.8. The molecular formula is C29H33NO3. The summed E-state index contributed by atoms with van der Waals surface area (Å²) in [5, 5.41) is 5.99. The first kappa shape index (κ1) is 22.8. The first-order valence-corrected chi connectivity index (χ1v) is 11.6. The van der Waals surface area contributed by atoms with Crippen molar-refractivity contribution in [3.05, 3.63) is 89.2 Å². The Morgan fingerprint density at radius 1 is 0.818 bits per heavy atom. The van der Waals surface area contributed by atoms with Gasteiger partial charge in [-0.3, -0.25) is 0 Å². The fraction of sp³-hybridized carbons (Fsp3) is 0.310. The maximum atomic E-state index is 6.29. The smallest absolute Gasteiger partial charge is 0.120 e. The molecule has 172 valence electrons. The molecule has 1 aliphatic rings. The molecule has 0 aliphatic carbocycles. The predicted octanol–water partition coefficient (Wildman–Crippen LogP) is 6.29. The molecule has 1 aliphatic heterocycles. The van der Waals surface area contributed by atoms with Crippen LogP contribution in [-0.4, -0.2) is 26.4 Å². The molecule has 1 N–H and O–H groups in total. The van der Waals surface area contributed by atoms with Crippen molar-refractivity contribution in [1.29, 1.82) is 0 Å². The molecule has 0 amide bonds. The molecule has 0 fully saturated rings. The Morgan fingerprint density at radius 2 is 1.48 bits per heavy atom. The first-order chi connectivity index (χ1) is 16.0. The van der Waals surface area contributed by atoms with Gasteiger partial charge in [-0.05, 0) is 72.0 Å². The molecule has 0 radical (unpaired) electrons. The number of benzene rings is 3. The van der Waals surface area contributed by atoms with Crippen molar-refractivity contribution in [3.8, 4) is 11.5 Å². The monoisotopic (exact) mass is 443 g/mol. The maximum absolute atomic E-state index is 6.29. The Labute approximate surface area is 196 Å². The van der Waals surface area contributed by atoms with E-state index in [9.17, 15) is 0 Å². The third kappa shape index (κ3) is 4.85. The van der Waals surface area contributed by atoms with Gasteiger partial charge < -0.3 is 19.5 Å². The fourth-order valence-corrected chi connectivity index (χ4v) is 4.45. The summed E-state index contributed by atoms with van der Waals surface area (Å²) in [5.74, 6) is 2.50. The van der Waals surface area contributed by atoms with E-state index in [2.05, 4.69) is 74.6 Å². The lowest BCUT2D eigenvalue weighted by Gasteiger charge is -2.35. The van der Waals surface area contributed by atoms with Crippen LogP contribution in [0.5, 0.6) is 11.5 Å². The van der Waals surface area contributed by atoms with Gasteiger partial charge in [-0.2, -0.15) is 0 Å². The Balaban J connectivity index is 1.61. The molecule has 0 saturated carbocycles. The summed E-state index contributed by atoms with van der Waals surface area (Å²) >= 11 is 0. The van der Waals surface area contributed by atoms with Gasteiger partial charge in [-0.25, -0.2) is 0 Å². The summed E-state index contributed by atoms with van der Waals surface area (Å²) in [6.07, 6.45) is 6.14. The molecule has 1 unspecified atom stereocenters. The van der Waals surface area contributed by atoms with Crippen LogP contribution in [0, 0.1) is 0 Å². The highest BCUT2D eigenvalue weighted by Crippen LogP contribution is 2.31. The van der Waals surface area contributed by atoms with E-state index in [0.29, 0.717) is 6.61 Å². The number of rotatable bonds is 8. The zero-order valence-corrected chi connectivity index (χ0v) is 20.2. The fourth-order valence-electron chi connectivity index (χ4n) is 4.45. The van der Waals surface area contributed by atoms with Crippen LogP contribution < -0.4 is 14.8 Å². The van der Waals surface area contributed by atoms with Crippen LogP contribution in [0.3, 0.4) is 0 Å². The first-order valence-electron chi connectivity index (χ1n) is 11.6. The topological polar surface area (TPSA) is 39.7 Å². The number of nitrogens with one attached hydrogen (secondary N) is 1. The van der Waals surface area contributed by atoms with Crippen LogP contribution in [0.1, 0.15) is 37.5 Å². The summed E-state index contributed by atoms with van der Waals surface area (Å²) in [6.45, 7) is 7.00. The number of allylic oxidation sites excluding steroid dienone is 1. The average molecular weight is 444 g/mol. The third-order valence-electron chi connectivity index (χ3n) is 6.23. The van der Waals surface area contributed by atoms with Crippen LogP contribution in [-0.2, 0) is 17.6 Å². The van der Waals surface area contributed by atoms with Crippen molar-refractivity contribution in [2.45, 2.75) is 39.2 Å². The highest BCUT2D eigenvalue weighted by Gasteiger charge is 2.30. The molecule has 3 aromatic rings. The number of dihydropyridines is 1.